The second kappa shape index (κ2) is 7.17. The Bertz CT molecular complexity index is 650. The average molecular weight is 328 g/mol. The van der Waals surface area contributed by atoms with E-state index in [9.17, 15) is 8.42 Å². The van der Waals surface area contributed by atoms with Gasteiger partial charge in [-0.05, 0) is 25.1 Å². The third-order valence-electron chi connectivity index (χ3n) is 3.01. The van der Waals surface area contributed by atoms with E-state index in [0.29, 0.717) is 23.0 Å². The quantitative estimate of drug-likeness (QED) is 0.692. The van der Waals surface area contributed by atoms with Crippen molar-refractivity contribution in [2.45, 2.75) is 37.1 Å². The number of nitrogens with one attached hydrogen (secondary N) is 3. The number of H-pyrrole nitrogens is 1. The van der Waals surface area contributed by atoms with E-state index in [4.69, 9.17) is 0 Å². The summed E-state index contributed by atoms with van der Waals surface area (Å²) in [5, 5.41) is 3.18. The van der Waals surface area contributed by atoms with Crippen molar-refractivity contribution in [1.82, 2.24) is 20.0 Å². The highest BCUT2D eigenvalue weighted by atomic mass is 32.2. The lowest BCUT2D eigenvalue weighted by Gasteiger charge is -2.13. The van der Waals surface area contributed by atoms with Gasteiger partial charge >= 0.3 is 0 Å². The molecule has 0 bridgehead atoms. The van der Waals surface area contributed by atoms with Crippen molar-refractivity contribution in [1.29, 1.82) is 0 Å². The summed E-state index contributed by atoms with van der Waals surface area (Å²) in [5.74, 6) is 0.630. The molecule has 116 valence electrons. The molecule has 2 heterocycles. The highest BCUT2D eigenvalue weighted by molar-refractivity contribution is 7.91. The van der Waals surface area contributed by atoms with Crippen molar-refractivity contribution in [3.8, 4) is 0 Å². The van der Waals surface area contributed by atoms with Gasteiger partial charge < -0.3 is 10.3 Å². The van der Waals surface area contributed by atoms with Gasteiger partial charge in [0.2, 0.25) is 0 Å². The first kappa shape index (κ1) is 16.2. The number of aromatic nitrogens is 2. The molecule has 1 atom stereocenters. The molecule has 0 aliphatic rings. The van der Waals surface area contributed by atoms with Crippen molar-refractivity contribution in [2.24, 2.45) is 0 Å². The maximum atomic E-state index is 12.4. The Balaban J connectivity index is 2.12. The summed E-state index contributed by atoms with van der Waals surface area (Å²) in [6.07, 6.45) is 3.93. The molecule has 8 heteroatoms. The zero-order valence-corrected chi connectivity index (χ0v) is 13.7. The van der Waals surface area contributed by atoms with Crippen LogP contribution in [0.4, 0.5) is 0 Å². The normalized spacial score (nSPS) is 13.4. The van der Waals surface area contributed by atoms with Crippen LogP contribution in [0.2, 0.25) is 0 Å². The number of hydrogen-bond donors (Lipinski definition) is 3. The minimum atomic E-state index is -3.52. The first-order valence-electron chi connectivity index (χ1n) is 6.87. The molecule has 3 N–H and O–H groups in total. The van der Waals surface area contributed by atoms with E-state index in [1.807, 2.05) is 19.9 Å². The van der Waals surface area contributed by atoms with E-state index in [1.54, 1.807) is 18.5 Å². The van der Waals surface area contributed by atoms with Crippen LogP contribution in [0.5, 0.6) is 0 Å². The van der Waals surface area contributed by atoms with Crippen LogP contribution in [0.25, 0.3) is 0 Å². The molecule has 0 aliphatic heterocycles. The zero-order chi connectivity index (χ0) is 15.3. The molecule has 2 aromatic rings. The number of hydrogen-bond acceptors (Lipinski definition) is 5. The fourth-order valence-electron chi connectivity index (χ4n) is 1.89. The first-order chi connectivity index (χ1) is 10.1. The Labute approximate surface area is 129 Å². The van der Waals surface area contributed by atoms with Crippen LogP contribution in [-0.4, -0.2) is 24.9 Å². The first-order valence-corrected chi connectivity index (χ1v) is 9.17. The van der Waals surface area contributed by atoms with E-state index >= 15 is 0 Å². The predicted octanol–water partition coefficient (Wildman–Crippen LogP) is 2.01. The number of imidazole rings is 1. The smallest absolute Gasteiger partial charge is 0.250 e. The monoisotopic (exact) mass is 328 g/mol. The van der Waals surface area contributed by atoms with Crippen molar-refractivity contribution >= 4 is 21.4 Å². The number of rotatable bonds is 8. The van der Waals surface area contributed by atoms with Gasteiger partial charge in [0, 0.05) is 23.8 Å². The van der Waals surface area contributed by atoms with E-state index in [1.165, 1.54) is 11.3 Å². The standard InChI is InChI=1S/C13H20N4O2S2/c1-3-11(13-15-7-8-16-13)17-21(18,19)12-6-5-10(20-12)9-14-4-2/h5-8,11,14,17H,3-4,9H2,1-2H3,(H,15,16). The molecule has 0 spiro atoms. The fraction of sp³-hybridized carbons (Fsp3) is 0.462. The molecule has 0 saturated heterocycles. The van der Waals surface area contributed by atoms with Crippen LogP contribution in [-0.2, 0) is 16.6 Å². The van der Waals surface area contributed by atoms with Crippen LogP contribution < -0.4 is 10.0 Å². The summed E-state index contributed by atoms with van der Waals surface area (Å²) in [5.41, 5.74) is 0. The summed E-state index contributed by atoms with van der Waals surface area (Å²) < 4.78 is 27.9. The second-order valence-corrected chi connectivity index (χ2v) is 7.67. The molecule has 1 unspecified atom stereocenters. The summed E-state index contributed by atoms with van der Waals surface area (Å²) >= 11 is 1.29. The molecule has 0 radical (unpaired) electrons. The lowest BCUT2D eigenvalue weighted by molar-refractivity contribution is 0.541. The van der Waals surface area contributed by atoms with Crippen LogP contribution in [0.1, 0.15) is 37.0 Å². The Morgan fingerprint density at radius 2 is 2.19 bits per heavy atom. The Morgan fingerprint density at radius 3 is 2.81 bits per heavy atom. The van der Waals surface area contributed by atoms with Crippen LogP contribution in [0.3, 0.4) is 0 Å². The number of sulfonamides is 1. The zero-order valence-electron chi connectivity index (χ0n) is 12.1. The summed E-state index contributed by atoms with van der Waals surface area (Å²) in [6.45, 7) is 5.48. The van der Waals surface area contributed by atoms with Gasteiger partial charge in [-0.15, -0.1) is 11.3 Å². The Morgan fingerprint density at radius 1 is 1.38 bits per heavy atom. The summed E-state index contributed by atoms with van der Waals surface area (Å²) in [6, 6.07) is 3.15. The van der Waals surface area contributed by atoms with Crippen molar-refractivity contribution in [3.05, 3.63) is 35.2 Å². The van der Waals surface area contributed by atoms with Crippen molar-refractivity contribution in [2.75, 3.05) is 6.54 Å². The largest absolute Gasteiger partial charge is 0.347 e. The lowest BCUT2D eigenvalue weighted by atomic mass is 10.2. The molecule has 6 nitrogen and oxygen atoms in total. The van der Waals surface area contributed by atoms with Crippen molar-refractivity contribution < 1.29 is 8.42 Å². The Kier molecular flexibility index (Phi) is 5.51. The molecular weight excluding hydrogens is 308 g/mol. The lowest BCUT2D eigenvalue weighted by Crippen LogP contribution is -2.28. The Hall–Kier alpha value is -1.22. The average Bonchev–Trinajstić information content (AvgIpc) is 3.13. The highest BCUT2D eigenvalue weighted by Gasteiger charge is 2.23. The number of nitrogens with zero attached hydrogens (tertiary/aromatic N) is 1. The summed E-state index contributed by atoms with van der Waals surface area (Å²) in [4.78, 5) is 8.08. The SMILES string of the molecule is CCNCc1ccc(S(=O)(=O)NC(CC)c2ncc[nH]2)s1. The van der Waals surface area contributed by atoms with Gasteiger partial charge in [-0.2, -0.15) is 4.72 Å². The van der Waals surface area contributed by atoms with Gasteiger partial charge in [0.15, 0.2) is 0 Å². The molecule has 0 amide bonds. The van der Waals surface area contributed by atoms with Gasteiger partial charge in [-0.3, -0.25) is 0 Å². The second-order valence-electron chi connectivity index (χ2n) is 4.56. The predicted molar refractivity (Wildman–Crippen MR) is 83.6 cm³/mol. The van der Waals surface area contributed by atoms with Crippen LogP contribution in [0.15, 0.2) is 28.7 Å². The topological polar surface area (TPSA) is 86.9 Å². The number of thiophene rings is 1. The molecule has 0 aliphatic carbocycles. The molecule has 0 aromatic carbocycles. The molecule has 0 fully saturated rings. The van der Waals surface area contributed by atoms with E-state index < -0.39 is 10.0 Å². The maximum absolute atomic E-state index is 12.4. The van der Waals surface area contributed by atoms with Crippen LogP contribution >= 0.6 is 11.3 Å². The fourth-order valence-corrected chi connectivity index (χ4v) is 4.52. The molecule has 2 rings (SSSR count). The van der Waals surface area contributed by atoms with Crippen LogP contribution in [0, 0.1) is 0 Å². The summed E-state index contributed by atoms with van der Waals surface area (Å²) in [7, 11) is -3.52. The number of aromatic amines is 1. The molecule has 2 aromatic heterocycles. The third kappa shape index (κ3) is 4.13. The highest BCUT2D eigenvalue weighted by Crippen LogP contribution is 2.24. The van der Waals surface area contributed by atoms with E-state index in [0.717, 1.165) is 11.4 Å². The van der Waals surface area contributed by atoms with Gasteiger partial charge in [0.05, 0.1) is 6.04 Å². The van der Waals surface area contributed by atoms with Crippen molar-refractivity contribution in [3.63, 3.8) is 0 Å². The minimum Gasteiger partial charge on any atom is -0.347 e. The van der Waals surface area contributed by atoms with Gasteiger partial charge in [-0.25, -0.2) is 13.4 Å². The minimum absolute atomic E-state index is 0.334. The van der Waals surface area contributed by atoms with E-state index in [-0.39, 0.29) is 6.04 Å². The maximum Gasteiger partial charge on any atom is 0.250 e. The third-order valence-corrected chi connectivity index (χ3v) is 6.05. The molecule has 21 heavy (non-hydrogen) atoms. The van der Waals surface area contributed by atoms with Gasteiger partial charge in [0.1, 0.15) is 10.0 Å². The van der Waals surface area contributed by atoms with Gasteiger partial charge in [-0.1, -0.05) is 13.8 Å². The van der Waals surface area contributed by atoms with E-state index in [2.05, 4.69) is 20.0 Å². The van der Waals surface area contributed by atoms with Gasteiger partial charge in [0.25, 0.3) is 10.0 Å². The molecular formula is C13H20N4O2S2. The molecule has 0 saturated carbocycles.